The zero-order chi connectivity index (χ0) is 26.5. The molecule has 4 aromatic heterocycles. The van der Waals surface area contributed by atoms with E-state index in [9.17, 15) is 14.4 Å². The third kappa shape index (κ3) is 6.15. The fourth-order valence-corrected chi connectivity index (χ4v) is 5.90. The number of pyridine rings is 1. The molecule has 0 aliphatic rings. The third-order valence-electron chi connectivity index (χ3n) is 5.92. The van der Waals surface area contributed by atoms with Crippen LogP contribution in [0.3, 0.4) is 0 Å². The molecule has 11 heteroatoms. The van der Waals surface area contributed by atoms with Gasteiger partial charge in [0.05, 0.1) is 16.2 Å². The number of nitrogens with zero attached hydrogens (tertiary/aromatic N) is 4. The van der Waals surface area contributed by atoms with E-state index < -0.39 is 0 Å². The highest BCUT2D eigenvalue weighted by molar-refractivity contribution is 7.98. The van der Waals surface area contributed by atoms with Gasteiger partial charge in [-0.1, -0.05) is 53.7 Å². The monoisotopic (exact) mass is 565 g/mol. The second-order valence-corrected chi connectivity index (χ2v) is 10.9. The molecule has 1 N–H and O–H groups in total. The van der Waals surface area contributed by atoms with Gasteiger partial charge < -0.3 is 5.32 Å². The number of carbonyl (C=O) groups is 1. The lowest BCUT2D eigenvalue weighted by Crippen LogP contribution is -2.27. The Morgan fingerprint density at radius 1 is 1.08 bits per heavy atom. The number of thioether (sulfide) groups is 1. The maximum Gasteiger partial charge on any atom is 0.272 e. The van der Waals surface area contributed by atoms with Crippen LogP contribution in [0, 0.1) is 0 Å². The summed E-state index contributed by atoms with van der Waals surface area (Å²) in [6, 6.07) is 16.6. The quantitative estimate of drug-likeness (QED) is 0.197. The molecule has 0 fully saturated rings. The van der Waals surface area contributed by atoms with Gasteiger partial charge in [-0.15, -0.1) is 11.3 Å². The molecular weight excluding hydrogens is 542 g/mol. The van der Waals surface area contributed by atoms with Crippen molar-refractivity contribution in [2.75, 3.05) is 6.54 Å². The molecule has 0 radical (unpaired) electrons. The lowest BCUT2D eigenvalue weighted by Gasteiger charge is -2.12. The fraction of sp³-hybridized carbons (Fsp3) is 0.222. The van der Waals surface area contributed by atoms with Gasteiger partial charge in [0.15, 0.2) is 5.16 Å². The summed E-state index contributed by atoms with van der Waals surface area (Å²) in [5.41, 5.74) is 2.52. The molecule has 0 atom stereocenters. The Labute approximate surface area is 231 Å². The van der Waals surface area contributed by atoms with Crippen molar-refractivity contribution in [3.8, 4) is 0 Å². The van der Waals surface area contributed by atoms with Gasteiger partial charge in [-0.25, -0.2) is 9.97 Å². The number of hydrogen-bond acceptors (Lipinski definition) is 7. The number of halogens is 1. The minimum atomic E-state index is -0.231. The average molecular weight is 566 g/mol. The van der Waals surface area contributed by atoms with Crippen LogP contribution in [-0.4, -0.2) is 31.4 Å². The number of benzene rings is 1. The van der Waals surface area contributed by atoms with Gasteiger partial charge in [0.1, 0.15) is 10.3 Å². The average Bonchev–Trinajstić information content (AvgIpc) is 3.39. The van der Waals surface area contributed by atoms with Crippen molar-refractivity contribution in [2.24, 2.45) is 0 Å². The second-order valence-electron chi connectivity index (χ2n) is 8.63. The van der Waals surface area contributed by atoms with Crippen LogP contribution in [0.15, 0.2) is 80.9 Å². The van der Waals surface area contributed by atoms with Gasteiger partial charge in [0.2, 0.25) is 5.91 Å². The SMILES string of the molecule is O=C(CCCn1c(SCc2cc(=O)n3cc(Cl)ccc3n2)nc2ccsc2c1=O)NCCc1ccccc1. The molecule has 194 valence electrons. The van der Waals surface area contributed by atoms with Gasteiger partial charge in [0, 0.05) is 37.5 Å². The molecule has 0 saturated carbocycles. The summed E-state index contributed by atoms with van der Waals surface area (Å²) in [7, 11) is 0. The van der Waals surface area contributed by atoms with E-state index in [0.717, 1.165) is 6.42 Å². The zero-order valence-corrected chi connectivity index (χ0v) is 22.7. The molecule has 0 aliphatic carbocycles. The first-order valence-electron chi connectivity index (χ1n) is 12.1. The van der Waals surface area contributed by atoms with Crippen molar-refractivity contribution < 1.29 is 4.79 Å². The van der Waals surface area contributed by atoms with Crippen LogP contribution in [0.5, 0.6) is 0 Å². The van der Waals surface area contributed by atoms with Crippen LogP contribution in [-0.2, 0) is 23.5 Å². The van der Waals surface area contributed by atoms with Gasteiger partial charge in [-0.3, -0.25) is 23.4 Å². The number of hydrogen-bond donors (Lipinski definition) is 1. The Morgan fingerprint density at radius 3 is 2.76 bits per heavy atom. The number of nitrogens with one attached hydrogen (secondary N) is 1. The minimum absolute atomic E-state index is 0.0470. The molecule has 1 amide bonds. The summed E-state index contributed by atoms with van der Waals surface area (Å²) in [5.74, 6) is 0.311. The molecule has 1 aromatic carbocycles. The van der Waals surface area contributed by atoms with Gasteiger partial charge in [-0.05, 0) is 42.0 Å². The first-order chi connectivity index (χ1) is 18.5. The predicted molar refractivity (Wildman–Crippen MR) is 152 cm³/mol. The molecule has 0 aliphatic heterocycles. The van der Waals surface area contributed by atoms with E-state index in [-0.39, 0.29) is 17.0 Å². The van der Waals surface area contributed by atoms with Gasteiger partial charge in [-0.2, -0.15) is 0 Å². The highest BCUT2D eigenvalue weighted by atomic mass is 35.5. The molecule has 0 saturated heterocycles. The fourth-order valence-electron chi connectivity index (χ4n) is 4.05. The van der Waals surface area contributed by atoms with Crippen LogP contribution in [0.4, 0.5) is 0 Å². The van der Waals surface area contributed by atoms with E-state index in [0.29, 0.717) is 63.4 Å². The number of carbonyl (C=O) groups excluding carboxylic acids is 1. The van der Waals surface area contributed by atoms with Crippen LogP contribution in [0.25, 0.3) is 15.9 Å². The highest BCUT2D eigenvalue weighted by Gasteiger charge is 2.14. The summed E-state index contributed by atoms with van der Waals surface area (Å²) in [4.78, 5) is 47.4. The van der Waals surface area contributed by atoms with Crippen LogP contribution in [0.1, 0.15) is 24.1 Å². The van der Waals surface area contributed by atoms with Crippen molar-refractivity contribution in [3.05, 3.63) is 103 Å². The lowest BCUT2D eigenvalue weighted by atomic mass is 10.1. The predicted octanol–water partition coefficient (Wildman–Crippen LogP) is 4.55. The van der Waals surface area contributed by atoms with E-state index in [1.807, 2.05) is 41.8 Å². The zero-order valence-electron chi connectivity index (χ0n) is 20.3. The molecule has 38 heavy (non-hydrogen) atoms. The Kier molecular flexibility index (Phi) is 8.21. The van der Waals surface area contributed by atoms with Crippen molar-refractivity contribution in [3.63, 3.8) is 0 Å². The van der Waals surface area contributed by atoms with E-state index in [2.05, 4.69) is 10.3 Å². The van der Waals surface area contributed by atoms with Crippen molar-refractivity contribution >= 4 is 56.5 Å². The first-order valence-corrected chi connectivity index (χ1v) is 14.3. The Hall–Kier alpha value is -3.47. The molecule has 4 heterocycles. The van der Waals surface area contributed by atoms with E-state index in [1.54, 1.807) is 16.7 Å². The normalized spacial score (nSPS) is 11.3. The summed E-state index contributed by atoms with van der Waals surface area (Å²) >= 11 is 8.69. The molecule has 5 rings (SSSR count). The number of aromatic nitrogens is 4. The van der Waals surface area contributed by atoms with Crippen molar-refractivity contribution in [2.45, 2.75) is 36.7 Å². The summed E-state index contributed by atoms with van der Waals surface area (Å²) < 4.78 is 3.60. The molecule has 0 spiro atoms. The number of thiophene rings is 1. The second kappa shape index (κ2) is 11.9. The lowest BCUT2D eigenvalue weighted by molar-refractivity contribution is -0.121. The molecular formula is C27H24ClN5O3S2. The number of amides is 1. The Balaban J connectivity index is 1.26. The highest BCUT2D eigenvalue weighted by Crippen LogP contribution is 2.24. The largest absolute Gasteiger partial charge is 0.356 e. The Bertz CT molecular complexity index is 1720. The van der Waals surface area contributed by atoms with Crippen LogP contribution >= 0.6 is 34.7 Å². The van der Waals surface area contributed by atoms with Crippen molar-refractivity contribution in [1.29, 1.82) is 0 Å². The Morgan fingerprint density at radius 2 is 1.92 bits per heavy atom. The first kappa shape index (κ1) is 26.1. The van der Waals surface area contributed by atoms with Crippen molar-refractivity contribution in [1.82, 2.24) is 24.3 Å². The standard InChI is InChI=1S/C27H24ClN5O3S2/c28-19-8-9-22-30-20(15-24(35)33(22)16-19)17-38-27-31-21-11-14-37-25(21)26(36)32(27)13-4-7-23(34)29-12-10-18-5-2-1-3-6-18/h1-3,5-6,8-9,11,14-16H,4,7,10,12-13,17H2,(H,29,34). The number of rotatable bonds is 10. The molecule has 5 aromatic rings. The smallest absolute Gasteiger partial charge is 0.272 e. The summed E-state index contributed by atoms with van der Waals surface area (Å²) in [5, 5.41) is 5.77. The molecule has 0 bridgehead atoms. The van der Waals surface area contributed by atoms with E-state index in [1.165, 1.54) is 45.3 Å². The van der Waals surface area contributed by atoms with Crippen LogP contribution < -0.4 is 16.4 Å². The van der Waals surface area contributed by atoms with E-state index >= 15 is 0 Å². The van der Waals surface area contributed by atoms with Crippen LogP contribution in [0.2, 0.25) is 5.02 Å². The summed E-state index contributed by atoms with van der Waals surface area (Å²) in [6.45, 7) is 0.929. The minimum Gasteiger partial charge on any atom is -0.356 e. The summed E-state index contributed by atoms with van der Waals surface area (Å²) in [6.07, 6.45) is 3.11. The maximum atomic E-state index is 13.2. The molecule has 0 unspecified atom stereocenters. The maximum absolute atomic E-state index is 13.2. The topological polar surface area (TPSA) is 98.4 Å². The molecule has 8 nitrogen and oxygen atoms in total. The van der Waals surface area contributed by atoms with Gasteiger partial charge in [0.25, 0.3) is 11.1 Å². The number of fused-ring (bicyclic) bond motifs is 2. The van der Waals surface area contributed by atoms with E-state index in [4.69, 9.17) is 16.6 Å². The van der Waals surface area contributed by atoms with Gasteiger partial charge >= 0.3 is 0 Å². The third-order valence-corrected chi connectivity index (χ3v) is 8.05.